The molecule has 0 bridgehead atoms. The minimum Gasteiger partial charge on any atom is -0.506 e. The van der Waals surface area contributed by atoms with Crippen LogP contribution in [0.2, 0.25) is 0 Å². The van der Waals surface area contributed by atoms with Gasteiger partial charge in [-0.05, 0) is 131 Å². The van der Waals surface area contributed by atoms with Gasteiger partial charge in [-0.15, -0.1) is 0 Å². The number of urea groups is 1. The van der Waals surface area contributed by atoms with Gasteiger partial charge >= 0.3 is 12.1 Å². The summed E-state index contributed by atoms with van der Waals surface area (Å²) in [5, 5.41) is 24.7. The fourth-order valence-corrected chi connectivity index (χ4v) is 9.43. The molecule has 4 aliphatic heterocycles. The highest BCUT2D eigenvalue weighted by molar-refractivity contribution is 9.11. The Morgan fingerprint density at radius 2 is 1.50 bits per heavy atom. The first-order valence-corrected chi connectivity index (χ1v) is 19.8. The van der Waals surface area contributed by atoms with Crippen molar-refractivity contribution in [3.63, 3.8) is 0 Å². The van der Waals surface area contributed by atoms with Gasteiger partial charge in [-0.25, -0.2) is 9.59 Å². The quantitative estimate of drug-likeness (QED) is 0.269. The second-order valence-corrected chi connectivity index (χ2v) is 16.0. The van der Waals surface area contributed by atoms with Crippen LogP contribution in [0.5, 0.6) is 5.75 Å². The number of aliphatic hydroxyl groups is 1. The average molecular weight is 849 g/mol. The second-order valence-electron chi connectivity index (χ2n) is 14.3. The van der Waals surface area contributed by atoms with Crippen molar-refractivity contribution < 1.29 is 34.1 Å². The number of aromatic hydroxyl groups is 1. The molecule has 13 nitrogen and oxygen atoms in total. The van der Waals surface area contributed by atoms with Crippen LogP contribution in [0.1, 0.15) is 49.7 Å². The lowest BCUT2D eigenvalue weighted by atomic mass is 9.78. The number of piperidine rings is 3. The highest BCUT2D eigenvalue weighted by Crippen LogP contribution is 2.35. The van der Waals surface area contributed by atoms with E-state index in [4.69, 9.17) is 9.84 Å². The van der Waals surface area contributed by atoms with E-state index < -0.39 is 12.2 Å². The summed E-state index contributed by atoms with van der Waals surface area (Å²) >= 11 is 6.76. The van der Waals surface area contributed by atoms with Crippen LogP contribution in [0.15, 0.2) is 45.3 Å². The first-order valence-electron chi connectivity index (χ1n) is 18.3. The average Bonchev–Trinajstić information content (AvgIpc) is 3.31. The molecule has 0 unspecified atom stereocenters. The second kappa shape index (κ2) is 17.6. The third-order valence-corrected chi connectivity index (χ3v) is 12.3. The minimum atomic E-state index is -1.05. The molecule has 2 aromatic carbocycles. The lowest BCUT2D eigenvalue weighted by Gasteiger charge is -2.41. The molecule has 0 aromatic heterocycles. The Morgan fingerprint density at radius 1 is 0.885 bits per heavy atom. The number of aliphatic hydroxyl groups excluding tert-OH is 1. The molecule has 4 heterocycles. The number of hydrogen-bond acceptors (Lipinski definition) is 8. The summed E-state index contributed by atoms with van der Waals surface area (Å²) in [6.45, 7) is 4.17. The van der Waals surface area contributed by atoms with Crippen LogP contribution in [0.4, 0.5) is 15.3 Å². The van der Waals surface area contributed by atoms with Gasteiger partial charge < -0.3 is 40.3 Å². The normalized spacial score (nSPS) is 20.1. The lowest BCUT2D eigenvalue weighted by molar-refractivity contribution is -0.142. The summed E-state index contributed by atoms with van der Waals surface area (Å²) in [6, 6.07) is 11.2. The van der Waals surface area contributed by atoms with E-state index in [9.17, 15) is 24.3 Å². The molecule has 4 aliphatic rings. The largest absolute Gasteiger partial charge is 0.506 e. The number of fused-ring (bicyclic) bond motifs is 1. The predicted molar refractivity (Wildman–Crippen MR) is 202 cm³/mol. The predicted octanol–water partition coefficient (Wildman–Crippen LogP) is 4.54. The number of halogens is 2. The maximum absolute atomic E-state index is 14.1. The lowest BCUT2D eigenvalue weighted by Crippen LogP contribution is -2.52. The number of carbonyl (C=O) groups excluding carboxylic acids is 4. The summed E-state index contributed by atoms with van der Waals surface area (Å²) in [5.41, 5.74) is 2.67. The molecule has 2 aromatic rings. The number of nitrogens with one attached hydrogen (secondary N) is 2. The van der Waals surface area contributed by atoms with Gasteiger partial charge in [-0.2, -0.15) is 0 Å². The van der Waals surface area contributed by atoms with E-state index in [-0.39, 0.29) is 49.3 Å². The molecule has 15 heteroatoms. The van der Waals surface area contributed by atoms with Crippen LogP contribution in [0.3, 0.4) is 0 Å². The first kappa shape index (κ1) is 38.3. The van der Waals surface area contributed by atoms with Crippen LogP contribution < -0.4 is 10.6 Å². The maximum Gasteiger partial charge on any atom is 0.410 e. The first-order chi connectivity index (χ1) is 25.1. The Kier molecular flexibility index (Phi) is 13.0. The van der Waals surface area contributed by atoms with E-state index in [0.717, 1.165) is 62.0 Å². The van der Waals surface area contributed by atoms with Crippen LogP contribution in [0.25, 0.3) is 0 Å². The standard InChI is InChI=1S/C37H48Br2N6O7/c38-29-19-24(20-30(39)34(29)48)21-32(35(49)43-14-7-26(8-15-43)25-5-12-42(13-6-25)22-33(47)40-23-46)52-37(51)44-16-10-28(11-17-44)45-18-9-27-3-1-2-4-31(27)41-36(45)50/h1-4,19-20,25-26,28,32,46,48H,5-18,21-23H2,(H,40,47)(H,41,50)/t32-/m1/s1. The summed E-state index contributed by atoms with van der Waals surface area (Å²) in [5.74, 6) is 0.646. The molecule has 0 aliphatic carbocycles. The highest BCUT2D eigenvalue weighted by atomic mass is 79.9. The van der Waals surface area contributed by atoms with Gasteiger partial charge in [0.1, 0.15) is 12.5 Å². The molecule has 6 rings (SSSR count). The van der Waals surface area contributed by atoms with Gasteiger partial charge in [-0.3, -0.25) is 14.5 Å². The molecule has 4 N–H and O–H groups in total. The number of para-hydroxylation sites is 1. The number of benzene rings is 2. The van der Waals surface area contributed by atoms with Gasteiger partial charge in [0.2, 0.25) is 5.91 Å². The maximum atomic E-state index is 14.1. The number of carbonyl (C=O) groups is 4. The number of nitrogens with zero attached hydrogens (tertiary/aromatic N) is 4. The molecular formula is C37H48Br2N6O7. The number of rotatable bonds is 9. The van der Waals surface area contributed by atoms with Crippen LogP contribution in [0, 0.1) is 11.8 Å². The molecule has 1 atom stereocenters. The SMILES string of the molecule is O=C(CN1CCC(C2CCN(C(=O)[C@@H](Cc3cc(Br)c(O)c(Br)c3)OC(=O)N3CCC(N4CCc5ccccc5NC4=O)CC3)CC2)CC1)NCO. The van der Waals surface area contributed by atoms with E-state index in [0.29, 0.717) is 66.3 Å². The van der Waals surface area contributed by atoms with Crippen molar-refractivity contribution >= 4 is 61.5 Å². The monoisotopic (exact) mass is 846 g/mol. The van der Waals surface area contributed by atoms with Crippen molar-refractivity contribution in [3.05, 3.63) is 56.5 Å². The molecule has 282 valence electrons. The fraction of sp³-hybridized carbons (Fsp3) is 0.568. The zero-order valence-electron chi connectivity index (χ0n) is 29.3. The molecular weight excluding hydrogens is 800 g/mol. The summed E-state index contributed by atoms with van der Waals surface area (Å²) < 4.78 is 6.98. The summed E-state index contributed by atoms with van der Waals surface area (Å²) in [6.07, 6.45) is 4.23. The number of hydrogen-bond donors (Lipinski definition) is 4. The van der Waals surface area contributed by atoms with Gasteiger partial charge in [-0.1, -0.05) is 18.2 Å². The smallest absolute Gasteiger partial charge is 0.410 e. The number of likely N-dealkylation sites (tertiary alicyclic amines) is 3. The molecule has 5 amide bonds. The number of phenols is 1. The van der Waals surface area contributed by atoms with Gasteiger partial charge in [0.05, 0.1) is 15.5 Å². The van der Waals surface area contributed by atoms with Crippen molar-refractivity contribution in [1.82, 2.24) is 24.9 Å². The van der Waals surface area contributed by atoms with E-state index in [1.54, 1.807) is 17.0 Å². The number of phenolic OH excluding ortho intramolecular Hbond substituents is 1. The zero-order valence-corrected chi connectivity index (χ0v) is 32.4. The van der Waals surface area contributed by atoms with E-state index in [1.807, 2.05) is 34.1 Å². The van der Waals surface area contributed by atoms with Crippen molar-refractivity contribution in [2.24, 2.45) is 11.8 Å². The van der Waals surface area contributed by atoms with Crippen LogP contribution in [-0.2, 0) is 27.2 Å². The number of anilines is 1. The molecule has 0 radical (unpaired) electrons. The highest BCUT2D eigenvalue weighted by Gasteiger charge is 2.37. The van der Waals surface area contributed by atoms with Crippen molar-refractivity contribution in [3.8, 4) is 5.75 Å². The molecule has 3 fully saturated rings. The Morgan fingerprint density at radius 3 is 2.15 bits per heavy atom. The summed E-state index contributed by atoms with van der Waals surface area (Å²) in [7, 11) is 0. The Hall–Kier alpha value is -3.40. The topological polar surface area (TPSA) is 155 Å². The zero-order chi connectivity index (χ0) is 36.8. The van der Waals surface area contributed by atoms with Gasteiger partial charge in [0.15, 0.2) is 6.10 Å². The number of amides is 5. The fourth-order valence-electron chi connectivity index (χ4n) is 8.15. The van der Waals surface area contributed by atoms with Crippen molar-refractivity contribution in [2.75, 3.05) is 64.4 Å². The molecule has 0 spiro atoms. The molecule has 0 saturated carbocycles. The van der Waals surface area contributed by atoms with Crippen molar-refractivity contribution in [2.45, 2.75) is 63.5 Å². The third kappa shape index (κ3) is 9.39. The van der Waals surface area contributed by atoms with Crippen LogP contribution in [-0.4, -0.2) is 125 Å². The van der Waals surface area contributed by atoms with Crippen molar-refractivity contribution in [1.29, 1.82) is 0 Å². The van der Waals surface area contributed by atoms with Crippen LogP contribution >= 0.6 is 31.9 Å². The van der Waals surface area contributed by atoms with E-state index >= 15 is 0 Å². The minimum absolute atomic E-state index is 0.0122. The number of ether oxygens (including phenoxy) is 1. The summed E-state index contributed by atoms with van der Waals surface area (Å²) in [4.78, 5) is 60.2. The molecule has 3 saturated heterocycles. The molecule has 52 heavy (non-hydrogen) atoms. The Bertz CT molecular complexity index is 1580. The van der Waals surface area contributed by atoms with Gasteiger partial charge in [0.25, 0.3) is 5.91 Å². The Labute approximate surface area is 321 Å². The van der Waals surface area contributed by atoms with E-state index in [1.165, 1.54) is 0 Å². The Balaban J connectivity index is 1.05. The third-order valence-electron chi connectivity index (χ3n) is 11.1. The van der Waals surface area contributed by atoms with E-state index in [2.05, 4.69) is 47.4 Å². The van der Waals surface area contributed by atoms with Gasteiger partial charge in [0, 0.05) is 50.9 Å².